The molecule has 3 nitrogen and oxygen atoms in total. The van der Waals surface area contributed by atoms with Crippen LogP contribution in [0.15, 0.2) is 42.7 Å². The summed E-state index contributed by atoms with van der Waals surface area (Å²) in [6.07, 6.45) is 7.58. The molecule has 1 aromatic heterocycles. The second-order valence-electron chi connectivity index (χ2n) is 4.98. The Labute approximate surface area is 108 Å². The van der Waals surface area contributed by atoms with Crippen LogP contribution in [0, 0.1) is 5.92 Å². The van der Waals surface area contributed by atoms with Crippen molar-refractivity contribution < 1.29 is 0 Å². The molecular weight excluding hydrogens is 222 g/mol. The summed E-state index contributed by atoms with van der Waals surface area (Å²) in [7, 11) is 0. The maximum atomic E-state index is 4.34. The molecule has 94 valence electrons. The van der Waals surface area contributed by atoms with Crippen molar-refractivity contribution in [2.24, 2.45) is 5.92 Å². The molecule has 3 rings (SSSR count). The third-order valence-electron chi connectivity index (χ3n) is 3.71. The van der Waals surface area contributed by atoms with Crippen molar-refractivity contribution in [3.05, 3.63) is 48.3 Å². The number of piperidine rings is 1. The van der Waals surface area contributed by atoms with E-state index in [0.717, 1.165) is 25.4 Å². The number of hydrogen-bond donors (Lipinski definition) is 1. The lowest BCUT2D eigenvalue weighted by molar-refractivity contribution is 0.372. The van der Waals surface area contributed by atoms with Crippen molar-refractivity contribution in [2.45, 2.75) is 19.3 Å². The van der Waals surface area contributed by atoms with Gasteiger partial charge in [0.05, 0.1) is 5.69 Å². The molecule has 0 spiro atoms. The molecule has 1 aliphatic rings. The highest BCUT2D eigenvalue weighted by atomic mass is 15.3. The Morgan fingerprint density at radius 2 is 2.00 bits per heavy atom. The van der Waals surface area contributed by atoms with Crippen LogP contribution in [-0.2, 0) is 6.42 Å². The molecule has 0 bridgehead atoms. The monoisotopic (exact) mass is 241 g/mol. The van der Waals surface area contributed by atoms with E-state index in [0.29, 0.717) is 0 Å². The number of nitrogens with one attached hydrogen (secondary N) is 1. The summed E-state index contributed by atoms with van der Waals surface area (Å²) in [5, 5.41) is 7.77. The van der Waals surface area contributed by atoms with E-state index in [1.807, 2.05) is 23.1 Å². The fourth-order valence-electron chi connectivity index (χ4n) is 2.72. The van der Waals surface area contributed by atoms with Crippen molar-refractivity contribution in [3.63, 3.8) is 0 Å². The number of benzene rings is 1. The van der Waals surface area contributed by atoms with E-state index in [9.17, 15) is 0 Å². The van der Waals surface area contributed by atoms with Crippen LogP contribution in [0.4, 0.5) is 0 Å². The summed E-state index contributed by atoms with van der Waals surface area (Å²) in [5.74, 6) is 0.808. The minimum Gasteiger partial charge on any atom is -0.317 e. The van der Waals surface area contributed by atoms with Crippen LogP contribution < -0.4 is 5.32 Å². The van der Waals surface area contributed by atoms with E-state index >= 15 is 0 Å². The number of rotatable bonds is 3. The zero-order valence-corrected chi connectivity index (χ0v) is 10.5. The predicted octanol–water partition coefficient (Wildman–Crippen LogP) is 2.41. The van der Waals surface area contributed by atoms with Gasteiger partial charge in [0.1, 0.15) is 0 Å². The van der Waals surface area contributed by atoms with Gasteiger partial charge in [0.25, 0.3) is 0 Å². The lowest BCUT2D eigenvalue weighted by Gasteiger charge is -2.23. The molecule has 1 fully saturated rings. The van der Waals surface area contributed by atoms with Crippen molar-refractivity contribution in [1.29, 1.82) is 0 Å². The van der Waals surface area contributed by atoms with Crippen molar-refractivity contribution in [2.75, 3.05) is 13.1 Å². The molecule has 1 N–H and O–H groups in total. The molecule has 0 aliphatic carbocycles. The van der Waals surface area contributed by atoms with Crippen LogP contribution in [0.25, 0.3) is 5.69 Å². The van der Waals surface area contributed by atoms with Gasteiger partial charge in [-0.1, -0.05) is 18.2 Å². The molecule has 1 aromatic carbocycles. The van der Waals surface area contributed by atoms with E-state index in [-0.39, 0.29) is 0 Å². The minimum absolute atomic E-state index is 0.808. The van der Waals surface area contributed by atoms with Crippen molar-refractivity contribution in [1.82, 2.24) is 15.1 Å². The average molecular weight is 241 g/mol. The SMILES string of the molecule is c1ccc(-n2cccn2)c(CC2CCNCC2)c1. The normalized spacial score (nSPS) is 16.9. The Morgan fingerprint density at radius 1 is 1.17 bits per heavy atom. The molecule has 0 amide bonds. The number of hydrogen-bond acceptors (Lipinski definition) is 2. The highest BCUT2D eigenvalue weighted by molar-refractivity contribution is 5.40. The first-order valence-corrected chi connectivity index (χ1v) is 6.72. The van der Waals surface area contributed by atoms with Crippen molar-refractivity contribution in [3.8, 4) is 5.69 Å². The fraction of sp³-hybridized carbons (Fsp3) is 0.400. The molecule has 0 saturated carbocycles. The third kappa shape index (κ3) is 2.46. The van der Waals surface area contributed by atoms with Gasteiger partial charge in [0.2, 0.25) is 0 Å². The Morgan fingerprint density at radius 3 is 2.78 bits per heavy atom. The minimum atomic E-state index is 0.808. The molecule has 1 aliphatic heterocycles. The lowest BCUT2D eigenvalue weighted by Crippen LogP contribution is -2.28. The van der Waals surface area contributed by atoms with E-state index in [2.05, 4.69) is 34.7 Å². The fourth-order valence-corrected chi connectivity index (χ4v) is 2.72. The molecule has 2 heterocycles. The molecule has 18 heavy (non-hydrogen) atoms. The number of nitrogens with zero attached hydrogens (tertiary/aromatic N) is 2. The topological polar surface area (TPSA) is 29.9 Å². The largest absolute Gasteiger partial charge is 0.317 e. The standard InChI is InChI=1S/C15H19N3/c1-2-5-15(18-11-3-8-17-18)14(4-1)12-13-6-9-16-10-7-13/h1-5,8,11,13,16H,6-7,9-10,12H2. The molecule has 0 radical (unpaired) electrons. The van der Waals surface area contributed by atoms with E-state index in [1.165, 1.54) is 24.1 Å². The zero-order valence-electron chi connectivity index (χ0n) is 10.5. The van der Waals surface area contributed by atoms with Gasteiger partial charge < -0.3 is 5.32 Å². The highest BCUT2D eigenvalue weighted by Crippen LogP contribution is 2.22. The van der Waals surface area contributed by atoms with Gasteiger partial charge in [0.15, 0.2) is 0 Å². The molecular formula is C15H19N3. The van der Waals surface area contributed by atoms with Gasteiger partial charge in [-0.2, -0.15) is 5.10 Å². The Hall–Kier alpha value is -1.61. The quantitative estimate of drug-likeness (QED) is 0.894. The molecule has 0 atom stereocenters. The first kappa shape index (κ1) is 11.5. The van der Waals surface area contributed by atoms with E-state index < -0.39 is 0 Å². The number of para-hydroxylation sites is 1. The molecule has 3 heteroatoms. The maximum absolute atomic E-state index is 4.34. The smallest absolute Gasteiger partial charge is 0.0677 e. The highest BCUT2D eigenvalue weighted by Gasteiger charge is 2.15. The Bertz CT molecular complexity index is 484. The van der Waals surface area contributed by atoms with Crippen LogP contribution in [0.2, 0.25) is 0 Å². The van der Waals surface area contributed by atoms with E-state index in [1.54, 1.807) is 0 Å². The predicted molar refractivity (Wildman–Crippen MR) is 72.9 cm³/mol. The molecule has 0 unspecified atom stereocenters. The molecule has 1 saturated heterocycles. The lowest BCUT2D eigenvalue weighted by atomic mass is 9.90. The summed E-state index contributed by atoms with van der Waals surface area (Å²) in [6.45, 7) is 2.32. The van der Waals surface area contributed by atoms with E-state index in [4.69, 9.17) is 0 Å². The zero-order chi connectivity index (χ0) is 12.2. The van der Waals surface area contributed by atoms with Gasteiger partial charge in [-0.25, -0.2) is 4.68 Å². The van der Waals surface area contributed by atoms with Gasteiger partial charge in [-0.3, -0.25) is 0 Å². The Kier molecular flexibility index (Phi) is 3.42. The maximum Gasteiger partial charge on any atom is 0.0677 e. The third-order valence-corrected chi connectivity index (χ3v) is 3.71. The second-order valence-corrected chi connectivity index (χ2v) is 4.98. The van der Waals surface area contributed by atoms with Gasteiger partial charge in [-0.15, -0.1) is 0 Å². The number of aromatic nitrogens is 2. The van der Waals surface area contributed by atoms with Crippen LogP contribution in [0.3, 0.4) is 0 Å². The van der Waals surface area contributed by atoms with Gasteiger partial charge in [0, 0.05) is 12.4 Å². The second kappa shape index (κ2) is 5.36. The molecule has 2 aromatic rings. The van der Waals surface area contributed by atoms with Crippen molar-refractivity contribution >= 4 is 0 Å². The van der Waals surface area contributed by atoms with Gasteiger partial charge >= 0.3 is 0 Å². The Balaban J connectivity index is 1.83. The van der Waals surface area contributed by atoms with Crippen LogP contribution in [0.5, 0.6) is 0 Å². The average Bonchev–Trinajstić information content (AvgIpc) is 2.94. The summed E-state index contributed by atoms with van der Waals surface area (Å²) in [6, 6.07) is 10.6. The summed E-state index contributed by atoms with van der Waals surface area (Å²) >= 11 is 0. The van der Waals surface area contributed by atoms with Crippen LogP contribution >= 0.6 is 0 Å². The first-order valence-electron chi connectivity index (χ1n) is 6.72. The summed E-state index contributed by atoms with van der Waals surface area (Å²) in [4.78, 5) is 0. The van der Waals surface area contributed by atoms with Gasteiger partial charge in [-0.05, 0) is 56.0 Å². The summed E-state index contributed by atoms with van der Waals surface area (Å²) in [5.41, 5.74) is 2.63. The first-order chi connectivity index (χ1) is 8.93. The summed E-state index contributed by atoms with van der Waals surface area (Å²) < 4.78 is 1.97. The van der Waals surface area contributed by atoms with Crippen LogP contribution in [0.1, 0.15) is 18.4 Å². The van der Waals surface area contributed by atoms with Crippen LogP contribution in [-0.4, -0.2) is 22.9 Å².